The number of nitrogens with zero attached hydrogens (tertiary/aromatic N) is 1. The van der Waals surface area contributed by atoms with Crippen molar-refractivity contribution in [2.75, 3.05) is 18.4 Å². The van der Waals surface area contributed by atoms with Crippen molar-refractivity contribution in [3.63, 3.8) is 0 Å². The van der Waals surface area contributed by atoms with Crippen molar-refractivity contribution < 1.29 is 18.0 Å². The van der Waals surface area contributed by atoms with Crippen LogP contribution in [0.2, 0.25) is 5.02 Å². The maximum absolute atomic E-state index is 12.9. The summed E-state index contributed by atoms with van der Waals surface area (Å²) in [6, 6.07) is 20.3. The Hall–Kier alpha value is -3.00. The fourth-order valence-electron chi connectivity index (χ4n) is 3.93. The molecule has 3 aromatic carbocycles. The molecule has 0 aromatic heterocycles. The van der Waals surface area contributed by atoms with Gasteiger partial charge in [-0.3, -0.25) is 9.59 Å². The third-order valence-corrected chi connectivity index (χ3v) is 7.95. The third kappa shape index (κ3) is 5.55. The van der Waals surface area contributed by atoms with E-state index >= 15 is 0 Å². The van der Waals surface area contributed by atoms with E-state index in [2.05, 4.69) is 5.32 Å². The molecule has 1 aliphatic heterocycles. The van der Waals surface area contributed by atoms with Gasteiger partial charge in [-0.1, -0.05) is 54.1 Å². The maximum Gasteiger partial charge on any atom is 0.243 e. The Balaban J connectivity index is 1.40. The number of hydrogen-bond donors (Lipinski definition) is 1. The van der Waals surface area contributed by atoms with Crippen LogP contribution in [0.4, 0.5) is 5.69 Å². The van der Waals surface area contributed by atoms with Gasteiger partial charge in [0.05, 0.1) is 10.6 Å². The zero-order chi connectivity index (χ0) is 24.1. The molecule has 8 heteroatoms. The standard InChI is InChI=1S/C26H25ClN2O4S/c27-21-11-14-24(23(18-21)26(31)20-6-2-1-3-7-20)28-25(30)15-10-19-8-12-22(13-9-19)34(32,33)29-16-4-5-17-29/h1-3,6-9,11-14,18H,4-5,10,15-17H2,(H,28,30). The molecule has 1 aliphatic rings. The highest BCUT2D eigenvalue weighted by molar-refractivity contribution is 7.89. The van der Waals surface area contributed by atoms with Crippen molar-refractivity contribution in [3.8, 4) is 0 Å². The average molecular weight is 497 g/mol. The highest BCUT2D eigenvalue weighted by atomic mass is 35.5. The molecule has 1 saturated heterocycles. The molecule has 176 valence electrons. The molecule has 4 rings (SSSR count). The lowest BCUT2D eigenvalue weighted by Crippen LogP contribution is -2.27. The van der Waals surface area contributed by atoms with Crippen LogP contribution in [-0.4, -0.2) is 37.5 Å². The number of sulfonamides is 1. The Morgan fingerprint density at radius 2 is 1.59 bits per heavy atom. The normalized spacial score (nSPS) is 14.1. The Kier molecular flexibility index (Phi) is 7.46. The molecule has 0 bridgehead atoms. The van der Waals surface area contributed by atoms with Crippen LogP contribution in [0, 0.1) is 0 Å². The molecular weight excluding hydrogens is 472 g/mol. The first-order chi connectivity index (χ1) is 16.3. The molecule has 1 N–H and O–H groups in total. The quantitative estimate of drug-likeness (QED) is 0.448. The van der Waals surface area contributed by atoms with Crippen molar-refractivity contribution in [2.45, 2.75) is 30.6 Å². The van der Waals surface area contributed by atoms with Crippen molar-refractivity contribution >= 4 is 39.0 Å². The summed E-state index contributed by atoms with van der Waals surface area (Å²) in [5.74, 6) is -0.480. The van der Waals surface area contributed by atoms with Gasteiger partial charge in [-0.15, -0.1) is 0 Å². The predicted octanol–water partition coefficient (Wildman–Crippen LogP) is 4.93. The van der Waals surface area contributed by atoms with Gasteiger partial charge in [0.1, 0.15) is 0 Å². The van der Waals surface area contributed by atoms with Crippen LogP contribution in [-0.2, 0) is 21.2 Å². The van der Waals surface area contributed by atoms with E-state index in [1.54, 1.807) is 66.7 Å². The van der Waals surface area contributed by atoms with E-state index in [9.17, 15) is 18.0 Å². The second-order valence-electron chi connectivity index (χ2n) is 8.19. The van der Waals surface area contributed by atoms with E-state index in [0.29, 0.717) is 41.3 Å². The van der Waals surface area contributed by atoms with Crippen LogP contribution in [0.3, 0.4) is 0 Å². The lowest BCUT2D eigenvalue weighted by Gasteiger charge is -2.15. The number of amides is 1. The summed E-state index contributed by atoms with van der Waals surface area (Å²) in [5.41, 5.74) is 2.08. The number of rotatable bonds is 8. The molecule has 3 aromatic rings. The highest BCUT2D eigenvalue weighted by Gasteiger charge is 2.26. The van der Waals surface area contributed by atoms with Gasteiger partial charge in [0, 0.05) is 35.7 Å². The number of halogens is 1. The van der Waals surface area contributed by atoms with Gasteiger partial charge in [0.15, 0.2) is 5.78 Å². The number of nitrogens with one attached hydrogen (secondary N) is 1. The largest absolute Gasteiger partial charge is 0.325 e. The van der Waals surface area contributed by atoms with Gasteiger partial charge in [-0.05, 0) is 55.2 Å². The molecule has 1 amide bonds. The molecule has 0 unspecified atom stereocenters. The second kappa shape index (κ2) is 10.5. The molecule has 1 heterocycles. The summed E-state index contributed by atoms with van der Waals surface area (Å²) < 4.78 is 26.8. The lowest BCUT2D eigenvalue weighted by molar-refractivity contribution is -0.116. The van der Waals surface area contributed by atoms with Crippen LogP contribution >= 0.6 is 11.6 Å². The Labute approximate surface area is 204 Å². The molecule has 34 heavy (non-hydrogen) atoms. The maximum atomic E-state index is 12.9. The topological polar surface area (TPSA) is 83.6 Å². The Morgan fingerprint density at radius 1 is 0.912 bits per heavy atom. The van der Waals surface area contributed by atoms with E-state index in [1.807, 2.05) is 6.07 Å². The first-order valence-corrected chi connectivity index (χ1v) is 12.9. The smallest absolute Gasteiger partial charge is 0.243 e. The van der Waals surface area contributed by atoms with Gasteiger partial charge >= 0.3 is 0 Å². The van der Waals surface area contributed by atoms with Crippen LogP contribution in [0.1, 0.15) is 40.7 Å². The Morgan fingerprint density at radius 3 is 2.26 bits per heavy atom. The fraction of sp³-hybridized carbons (Fsp3) is 0.231. The van der Waals surface area contributed by atoms with Gasteiger partial charge in [-0.2, -0.15) is 4.31 Å². The number of carbonyl (C=O) groups excluding carboxylic acids is 2. The zero-order valence-electron chi connectivity index (χ0n) is 18.5. The van der Waals surface area contributed by atoms with Crippen molar-refractivity contribution in [1.29, 1.82) is 0 Å². The molecule has 0 radical (unpaired) electrons. The summed E-state index contributed by atoms with van der Waals surface area (Å²) in [4.78, 5) is 25.8. The minimum Gasteiger partial charge on any atom is -0.325 e. The van der Waals surface area contributed by atoms with E-state index in [1.165, 1.54) is 4.31 Å². The van der Waals surface area contributed by atoms with Gasteiger partial charge in [0.25, 0.3) is 0 Å². The number of carbonyl (C=O) groups is 2. The van der Waals surface area contributed by atoms with Crippen LogP contribution in [0.25, 0.3) is 0 Å². The van der Waals surface area contributed by atoms with Crippen molar-refractivity contribution in [1.82, 2.24) is 4.31 Å². The number of aryl methyl sites for hydroxylation is 1. The molecule has 0 spiro atoms. The number of hydrogen-bond acceptors (Lipinski definition) is 4. The summed E-state index contributed by atoms with van der Waals surface area (Å²) in [6.45, 7) is 1.12. The van der Waals surface area contributed by atoms with E-state index in [4.69, 9.17) is 11.6 Å². The van der Waals surface area contributed by atoms with Crippen LogP contribution < -0.4 is 5.32 Å². The predicted molar refractivity (Wildman–Crippen MR) is 133 cm³/mol. The molecule has 0 atom stereocenters. The third-order valence-electron chi connectivity index (χ3n) is 5.80. The van der Waals surface area contributed by atoms with Gasteiger partial charge in [0.2, 0.25) is 15.9 Å². The second-order valence-corrected chi connectivity index (χ2v) is 10.6. The van der Waals surface area contributed by atoms with E-state index in [0.717, 1.165) is 18.4 Å². The first kappa shape index (κ1) is 24.1. The number of ketones is 1. The fourth-order valence-corrected chi connectivity index (χ4v) is 5.62. The first-order valence-electron chi connectivity index (χ1n) is 11.1. The average Bonchev–Trinajstić information content (AvgIpc) is 3.40. The molecule has 6 nitrogen and oxygen atoms in total. The summed E-state index contributed by atoms with van der Waals surface area (Å²) in [5, 5.41) is 3.21. The summed E-state index contributed by atoms with van der Waals surface area (Å²) in [7, 11) is -3.46. The highest BCUT2D eigenvalue weighted by Crippen LogP contribution is 2.25. The number of anilines is 1. The van der Waals surface area contributed by atoms with Crippen LogP contribution in [0.15, 0.2) is 77.7 Å². The van der Waals surface area contributed by atoms with E-state index < -0.39 is 10.0 Å². The van der Waals surface area contributed by atoms with Crippen LogP contribution in [0.5, 0.6) is 0 Å². The molecule has 0 saturated carbocycles. The summed E-state index contributed by atoms with van der Waals surface area (Å²) >= 11 is 6.10. The minimum atomic E-state index is -3.46. The van der Waals surface area contributed by atoms with Crippen molar-refractivity contribution in [2.24, 2.45) is 0 Å². The van der Waals surface area contributed by atoms with Gasteiger partial charge < -0.3 is 5.32 Å². The van der Waals surface area contributed by atoms with E-state index in [-0.39, 0.29) is 23.0 Å². The van der Waals surface area contributed by atoms with Crippen molar-refractivity contribution in [3.05, 3.63) is 94.5 Å². The molecular formula is C26H25ClN2O4S. The number of benzene rings is 3. The monoisotopic (exact) mass is 496 g/mol. The molecule has 1 fully saturated rings. The Bertz CT molecular complexity index is 1290. The molecule has 0 aliphatic carbocycles. The van der Waals surface area contributed by atoms with Gasteiger partial charge in [-0.25, -0.2) is 8.42 Å². The SMILES string of the molecule is O=C(CCc1ccc(S(=O)(=O)N2CCCC2)cc1)Nc1ccc(Cl)cc1C(=O)c1ccccc1. The summed E-state index contributed by atoms with van der Waals surface area (Å²) in [6.07, 6.45) is 2.39. The minimum absolute atomic E-state index is 0.180. The zero-order valence-corrected chi connectivity index (χ0v) is 20.1. The lowest BCUT2D eigenvalue weighted by atomic mass is 10.0.